The van der Waals surface area contributed by atoms with Gasteiger partial charge in [0.25, 0.3) is 0 Å². The minimum atomic E-state index is -3.49. The Morgan fingerprint density at radius 2 is 1.58 bits per heavy atom. The van der Waals surface area contributed by atoms with E-state index in [9.17, 15) is 23.1 Å². The van der Waals surface area contributed by atoms with Crippen LogP contribution >= 0.6 is 0 Å². The zero-order chi connectivity index (χ0) is 24.4. The first-order valence-electron chi connectivity index (χ1n) is 12.5. The number of carbonyl (C=O) groups excluding carboxylic acids is 2. The van der Waals surface area contributed by atoms with Gasteiger partial charge in [-0.25, -0.2) is 12.7 Å². The Morgan fingerprint density at radius 3 is 2.15 bits per heavy atom. The predicted molar refractivity (Wildman–Crippen MR) is 129 cm³/mol. The van der Waals surface area contributed by atoms with Crippen molar-refractivity contribution in [3.05, 3.63) is 0 Å². The zero-order valence-electron chi connectivity index (χ0n) is 20.5. The number of aliphatic hydroxyl groups is 1. The number of aliphatic hydroxyl groups excluding tert-OH is 1. The van der Waals surface area contributed by atoms with E-state index in [4.69, 9.17) is 0 Å². The van der Waals surface area contributed by atoms with Crippen LogP contribution in [0.5, 0.6) is 0 Å². The molecule has 0 radical (unpaired) electrons. The number of hydrogen-bond donors (Lipinski definition) is 4. The number of amides is 2. The highest BCUT2D eigenvalue weighted by Gasteiger charge is 2.34. The Labute approximate surface area is 199 Å². The fourth-order valence-electron chi connectivity index (χ4n) is 5.03. The van der Waals surface area contributed by atoms with Crippen LogP contribution in [0.4, 0.5) is 0 Å². The summed E-state index contributed by atoms with van der Waals surface area (Å²) in [7, 11) is -0.321. The molecule has 2 rings (SSSR count). The lowest BCUT2D eigenvalue weighted by Crippen LogP contribution is -2.55. The summed E-state index contributed by atoms with van der Waals surface area (Å²) in [5.74, 6) is -0.284. The maximum atomic E-state index is 13.0. The molecule has 2 amide bonds. The second-order valence-corrected chi connectivity index (χ2v) is 12.1. The van der Waals surface area contributed by atoms with E-state index in [1.54, 1.807) is 14.0 Å². The molecule has 3 atom stereocenters. The number of nitrogens with one attached hydrogen (secondary N) is 3. The molecule has 9 nitrogen and oxygen atoms in total. The van der Waals surface area contributed by atoms with Gasteiger partial charge in [0.15, 0.2) is 0 Å². The highest BCUT2D eigenvalue weighted by atomic mass is 32.2. The molecule has 2 fully saturated rings. The van der Waals surface area contributed by atoms with Gasteiger partial charge < -0.3 is 21.1 Å². The number of nitrogens with zero attached hydrogens (tertiary/aromatic N) is 1. The third-order valence-corrected chi connectivity index (χ3v) is 9.40. The monoisotopic (exact) mass is 488 g/mol. The van der Waals surface area contributed by atoms with Crippen LogP contribution in [0.3, 0.4) is 0 Å². The van der Waals surface area contributed by atoms with Gasteiger partial charge >= 0.3 is 0 Å². The van der Waals surface area contributed by atoms with Crippen molar-refractivity contribution < 1.29 is 23.1 Å². The Kier molecular flexibility index (Phi) is 11.5. The number of hydrogen-bond acceptors (Lipinski definition) is 6. The fourth-order valence-corrected chi connectivity index (χ4v) is 6.83. The maximum absolute atomic E-state index is 13.0. The Bertz CT molecular complexity index is 720. The minimum absolute atomic E-state index is 0.0585. The van der Waals surface area contributed by atoms with E-state index in [0.29, 0.717) is 25.2 Å². The second-order valence-electron chi connectivity index (χ2n) is 9.83. The van der Waals surface area contributed by atoms with Gasteiger partial charge in [-0.3, -0.25) is 9.59 Å². The van der Waals surface area contributed by atoms with E-state index in [0.717, 1.165) is 44.9 Å². The van der Waals surface area contributed by atoms with E-state index < -0.39 is 33.5 Å². The van der Waals surface area contributed by atoms with Gasteiger partial charge in [-0.1, -0.05) is 51.4 Å². The lowest BCUT2D eigenvalue weighted by atomic mass is 9.83. The van der Waals surface area contributed by atoms with Gasteiger partial charge in [-0.05, 0) is 39.2 Å². The number of carbonyl (C=O) groups is 2. The summed E-state index contributed by atoms with van der Waals surface area (Å²) in [6.45, 7) is 1.65. The van der Waals surface area contributed by atoms with Crippen LogP contribution < -0.4 is 16.0 Å². The highest BCUT2D eigenvalue weighted by Crippen LogP contribution is 2.29. The molecule has 33 heavy (non-hydrogen) atoms. The standard InChI is InChI=1S/C23H44N4O5S/c1-17(25-22(29)15-24-2)23(30)26-20(14-18-10-6-4-7-11-18)21(28)16-27(3)33(31,32)19-12-8-5-9-13-19/h17-21,24,28H,4-16H2,1-3H3,(H,25,29)(H,26,30)/t17?,20-,21+/m0/s1. The summed E-state index contributed by atoms with van der Waals surface area (Å²) in [6, 6.07) is -1.33. The Hall–Kier alpha value is -1.23. The first-order valence-corrected chi connectivity index (χ1v) is 14.0. The van der Waals surface area contributed by atoms with Crippen molar-refractivity contribution in [2.75, 3.05) is 27.2 Å². The molecule has 0 aromatic rings. The van der Waals surface area contributed by atoms with Crippen molar-refractivity contribution in [3.63, 3.8) is 0 Å². The van der Waals surface area contributed by atoms with Crippen LogP contribution in [-0.2, 0) is 19.6 Å². The van der Waals surface area contributed by atoms with E-state index in [1.807, 2.05) is 0 Å². The van der Waals surface area contributed by atoms with Crippen LogP contribution in [0, 0.1) is 5.92 Å². The molecule has 2 saturated carbocycles. The van der Waals surface area contributed by atoms with Gasteiger partial charge in [0.05, 0.1) is 23.9 Å². The number of rotatable bonds is 12. The second kappa shape index (κ2) is 13.6. The van der Waals surface area contributed by atoms with E-state index in [2.05, 4.69) is 16.0 Å². The number of likely N-dealkylation sites (N-methyl/N-ethyl adjacent to an activating group) is 2. The summed E-state index contributed by atoms with van der Waals surface area (Å²) in [4.78, 5) is 24.6. The van der Waals surface area contributed by atoms with Gasteiger partial charge in [0.1, 0.15) is 6.04 Å². The summed E-state index contributed by atoms with van der Waals surface area (Å²) >= 11 is 0. The van der Waals surface area contributed by atoms with Gasteiger partial charge in [-0.15, -0.1) is 0 Å². The summed E-state index contributed by atoms with van der Waals surface area (Å²) in [5, 5.41) is 18.9. The summed E-state index contributed by atoms with van der Waals surface area (Å²) < 4.78 is 27.3. The minimum Gasteiger partial charge on any atom is -0.390 e. The van der Waals surface area contributed by atoms with Crippen molar-refractivity contribution in [1.29, 1.82) is 0 Å². The van der Waals surface area contributed by atoms with Crippen LogP contribution in [-0.4, -0.2) is 80.3 Å². The highest BCUT2D eigenvalue weighted by molar-refractivity contribution is 7.89. The molecule has 0 saturated heterocycles. The molecule has 0 heterocycles. The molecule has 0 spiro atoms. The first-order chi connectivity index (χ1) is 15.6. The van der Waals surface area contributed by atoms with E-state index in [-0.39, 0.29) is 24.9 Å². The Morgan fingerprint density at radius 1 is 1.00 bits per heavy atom. The van der Waals surface area contributed by atoms with Crippen LogP contribution in [0.15, 0.2) is 0 Å². The van der Waals surface area contributed by atoms with Crippen molar-refractivity contribution in [2.24, 2.45) is 5.92 Å². The molecule has 0 aromatic carbocycles. The van der Waals surface area contributed by atoms with Gasteiger partial charge in [0, 0.05) is 13.6 Å². The topological polar surface area (TPSA) is 128 Å². The molecule has 2 aliphatic rings. The quantitative estimate of drug-likeness (QED) is 0.326. The third-order valence-electron chi connectivity index (χ3n) is 7.06. The molecule has 0 aliphatic heterocycles. The smallest absolute Gasteiger partial charge is 0.242 e. The SMILES string of the molecule is CNCC(=O)NC(C)C(=O)N[C@@H](CC1CCCCC1)[C@H](O)CN(C)S(=O)(=O)C1CCCCC1. The van der Waals surface area contributed by atoms with Crippen molar-refractivity contribution in [3.8, 4) is 0 Å². The van der Waals surface area contributed by atoms with E-state index >= 15 is 0 Å². The average molecular weight is 489 g/mol. The lowest BCUT2D eigenvalue weighted by Gasteiger charge is -2.33. The molecule has 1 unspecified atom stereocenters. The zero-order valence-corrected chi connectivity index (χ0v) is 21.3. The molecule has 0 bridgehead atoms. The molecular formula is C23H44N4O5S. The van der Waals surface area contributed by atoms with Crippen molar-refractivity contribution in [1.82, 2.24) is 20.3 Å². The molecular weight excluding hydrogens is 444 g/mol. The molecule has 10 heteroatoms. The lowest BCUT2D eigenvalue weighted by molar-refractivity contribution is -0.129. The molecule has 4 N–H and O–H groups in total. The molecule has 2 aliphatic carbocycles. The fraction of sp³-hybridized carbons (Fsp3) is 0.913. The average Bonchev–Trinajstić information content (AvgIpc) is 2.79. The van der Waals surface area contributed by atoms with Crippen LogP contribution in [0.25, 0.3) is 0 Å². The maximum Gasteiger partial charge on any atom is 0.242 e. The Balaban J connectivity index is 2.04. The van der Waals surface area contributed by atoms with Crippen LogP contribution in [0.2, 0.25) is 0 Å². The summed E-state index contributed by atoms with van der Waals surface area (Å²) in [5.41, 5.74) is 0. The van der Waals surface area contributed by atoms with E-state index in [1.165, 1.54) is 17.8 Å². The van der Waals surface area contributed by atoms with Crippen LogP contribution in [0.1, 0.15) is 77.6 Å². The van der Waals surface area contributed by atoms with Gasteiger partial charge in [0.2, 0.25) is 21.8 Å². The summed E-state index contributed by atoms with van der Waals surface area (Å²) in [6.07, 6.45) is 9.35. The predicted octanol–water partition coefficient (Wildman–Crippen LogP) is 1.12. The first kappa shape index (κ1) is 28.0. The van der Waals surface area contributed by atoms with Crippen molar-refractivity contribution >= 4 is 21.8 Å². The van der Waals surface area contributed by atoms with Gasteiger partial charge in [-0.2, -0.15) is 0 Å². The normalized spacial score (nSPS) is 21.4. The molecule has 0 aromatic heterocycles. The molecule has 192 valence electrons. The largest absolute Gasteiger partial charge is 0.390 e. The third kappa shape index (κ3) is 8.81. The van der Waals surface area contributed by atoms with Crippen molar-refractivity contribution in [2.45, 2.75) is 101 Å². The number of sulfonamides is 1.